The third kappa shape index (κ3) is 8.74. The molecule has 0 spiro atoms. The first-order valence-corrected chi connectivity index (χ1v) is 8.21. The Balaban J connectivity index is 2.52. The van der Waals surface area contributed by atoms with E-state index in [0.717, 1.165) is 5.56 Å². The molecule has 0 heterocycles. The van der Waals surface area contributed by atoms with E-state index in [4.69, 9.17) is 4.74 Å². The van der Waals surface area contributed by atoms with Crippen LogP contribution in [0.25, 0.3) is 0 Å². The predicted molar refractivity (Wildman–Crippen MR) is 93.2 cm³/mol. The van der Waals surface area contributed by atoms with Crippen LogP contribution in [0.2, 0.25) is 0 Å². The van der Waals surface area contributed by atoms with Crippen LogP contribution >= 0.6 is 0 Å². The van der Waals surface area contributed by atoms with Gasteiger partial charge < -0.3 is 19.7 Å². The van der Waals surface area contributed by atoms with Crippen molar-refractivity contribution < 1.29 is 23.9 Å². The molecule has 1 N–H and O–H groups in total. The van der Waals surface area contributed by atoms with Crippen molar-refractivity contribution in [2.24, 2.45) is 0 Å². The second-order valence-corrected chi connectivity index (χ2v) is 5.65. The number of hydrogen-bond acceptors (Lipinski definition) is 5. The quantitative estimate of drug-likeness (QED) is 0.508. The van der Waals surface area contributed by atoms with E-state index in [-0.39, 0.29) is 37.4 Å². The van der Waals surface area contributed by atoms with Crippen LogP contribution in [-0.2, 0) is 19.1 Å². The standard InChI is InChI=1S/C18H26N2O5/c1-14-5-7-16(8-6-14)25-13-17(22)20(12-9-18(23)24-3)11-4-10-19-15(2)21/h5-8H,4,9-13H2,1-3H3,(H,19,21). The number of aryl methyl sites for hydroxylation is 1. The number of rotatable bonds is 10. The Labute approximate surface area is 148 Å². The summed E-state index contributed by atoms with van der Waals surface area (Å²) < 4.78 is 10.1. The lowest BCUT2D eigenvalue weighted by molar-refractivity contribution is -0.142. The van der Waals surface area contributed by atoms with Crippen molar-refractivity contribution in [2.75, 3.05) is 33.4 Å². The molecule has 7 nitrogen and oxygen atoms in total. The maximum atomic E-state index is 12.4. The molecular formula is C18H26N2O5. The fourth-order valence-corrected chi connectivity index (χ4v) is 2.09. The number of esters is 1. The zero-order chi connectivity index (χ0) is 18.7. The first kappa shape index (κ1) is 20.5. The minimum atomic E-state index is -0.376. The largest absolute Gasteiger partial charge is 0.484 e. The van der Waals surface area contributed by atoms with E-state index in [9.17, 15) is 14.4 Å². The van der Waals surface area contributed by atoms with E-state index in [1.165, 1.54) is 14.0 Å². The van der Waals surface area contributed by atoms with Crippen molar-refractivity contribution in [3.8, 4) is 5.75 Å². The molecule has 0 saturated heterocycles. The Hall–Kier alpha value is -2.57. The van der Waals surface area contributed by atoms with Crippen LogP contribution in [-0.4, -0.2) is 56.0 Å². The average Bonchev–Trinajstić information content (AvgIpc) is 2.59. The summed E-state index contributed by atoms with van der Waals surface area (Å²) in [4.78, 5) is 36.1. The molecule has 0 aliphatic carbocycles. The first-order chi connectivity index (χ1) is 11.9. The number of methoxy groups -OCH3 is 1. The van der Waals surface area contributed by atoms with E-state index < -0.39 is 0 Å². The monoisotopic (exact) mass is 350 g/mol. The van der Waals surface area contributed by atoms with Gasteiger partial charge >= 0.3 is 5.97 Å². The molecule has 25 heavy (non-hydrogen) atoms. The van der Waals surface area contributed by atoms with Gasteiger partial charge in [0.2, 0.25) is 5.91 Å². The fraction of sp³-hybridized carbons (Fsp3) is 0.500. The molecule has 1 aromatic rings. The molecule has 0 aliphatic rings. The highest BCUT2D eigenvalue weighted by Gasteiger charge is 2.16. The van der Waals surface area contributed by atoms with Gasteiger partial charge in [-0.25, -0.2) is 0 Å². The van der Waals surface area contributed by atoms with E-state index >= 15 is 0 Å². The van der Waals surface area contributed by atoms with Crippen LogP contribution in [0.15, 0.2) is 24.3 Å². The van der Waals surface area contributed by atoms with Crippen LogP contribution in [0.3, 0.4) is 0 Å². The average molecular weight is 350 g/mol. The summed E-state index contributed by atoms with van der Waals surface area (Å²) in [5.41, 5.74) is 1.11. The number of ether oxygens (including phenoxy) is 2. The third-order valence-corrected chi connectivity index (χ3v) is 3.53. The molecule has 1 aromatic carbocycles. The molecule has 138 valence electrons. The second kappa shape index (κ2) is 11.1. The van der Waals surface area contributed by atoms with Gasteiger partial charge in [-0.2, -0.15) is 0 Å². The summed E-state index contributed by atoms with van der Waals surface area (Å²) in [5.74, 6) is -0.0910. The number of nitrogens with zero attached hydrogens (tertiary/aromatic N) is 1. The fourth-order valence-electron chi connectivity index (χ4n) is 2.09. The van der Waals surface area contributed by atoms with Crippen molar-refractivity contribution in [2.45, 2.75) is 26.7 Å². The molecule has 0 saturated carbocycles. The SMILES string of the molecule is COC(=O)CCN(CCCNC(C)=O)C(=O)COc1ccc(C)cc1. The van der Waals surface area contributed by atoms with E-state index in [1.807, 2.05) is 19.1 Å². The zero-order valence-corrected chi connectivity index (χ0v) is 15.0. The van der Waals surface area contributed by atoms with Gasteiger partial charge in [-0.3, -0.25) is 14.4 Å². The Morgan fingerprint density at radius 2 is 1.80 bits per heavy atom. The summed E-state index contributed by atoms with van der Waals surface area (Å²) in [6, 6.07) is 7.42. The molecule has 0 fully saturated rings. The minimum Gasteiger partial charge on any atom is -0.484 e. The molecule has 2 amide bonds. The maximum absolute atomic E-state index is 12.4. The van der Waals surface area contributed by atoms with Crippen LogP contribution in [0, 0.1) is 6.92 Å². The van der Waals surface area contributed by atoms with Gasteiger partial charge in [0.15, 0.2) is 6.61 Å². The number of benzene rings is 1. The van der Waals surface area contributed by atoms with Crippen molar-refractivity contribution >= 4 is 17.8 Å². The predicted octanol–water partition coefficient (Wildman–Crippen LogP) is 1.29. The topological polar surface area (TPSA) is 84.9 Å². The lowest BCUT2D eigenvalue weighted by Crippen LogP contribution is -2.38. The number of carbonyl (C=O) groups excluding carboxylic acids is 3. The van der Waals surface area contributed by atoms with Crippen molar-refractivity contribution in [1.82, 2.24) is 10.2 Å². The highest BCUT2D eigenvalue weighted by atomic mass is 16.5. The normalized spacial score (nSPS) is 10.0. The maximum Gasteiger partial charge on any atom is 0.307 e. The van der Waals surface area contributed by atoms with Gasteiger partial charge in [0.05, 0.1) is 13.5 Å². The lowest BCUT2D eigenvalue weighted by Gasteiger charge is -2.22. The third-order valence-electron chi connectivity index (χ3n) is 3.53. The van der Waals surface area contributed by atoms with E-state index in [1.54, 1.807) is 17.0 Å². The first-order valence-electron chi connectivity index (χ1n) is 8.21. The summed E-state index contributed by atoms with van der Waals surface area (Å²) >= 11 is 0. The van der Waals surface area contributed by atoms with Crippen molar-refractivity contribution in [3.63, 3.8) is 0 Å². The Morgan fingerprint density at radius 3 is 2.40 bits per heavy atom. The summed E-state index contributed by atoms with van der Waals surface area (Å²) in [6.07, 6.45) is 0.712. The summed E-state index contributed by atoms with van der Waals surface area (Å²) in [6.45, 7) is 4.45. The van der Waals surface area contributed by atoms with E-state index in [2.05, 4.69) is 10.1 Å². The van der Waals surface area contributed by atoms with Crippen molar-refractivity contribution in [3.05, 3.63) is 29.8 Å². The number of carbonyl (C=O) groups is 3. The Morgan fingerprint density at radius 1 is 1.12 bits per heavy atom. The zero-order valence-electron chi connectivity index (χ0n) is 15.0. The molecule has 0 aromatic heterocycles. The highest BCUT2D eigenvalue weighted by Crippen LogP contribution is 2.11. The molecule has 0 bridgehead atoms. The van der Waals surface area contributed by atoms with Crippen LogP contribution in [0.5, 0.6) is 5.75 Å². The number of hydrogen-bond donors (Lipinski definition) is 1. The molecule has 7 heteroatoms. The van der Waals surface area contributed by atoms with Crippen LogP contribution < -0.4 is 10.1 Å². The smallest absolute Gasteiger partial charge is 0.307 e. The van der Waals surface area contributed by atoms with Gasteiger partial charge in [0.1, 0.15) is 5.75 Å². The molecule has 0 atom stereocenters. The second-order valence-electron chi connectivity index (χ2n) is 5.65. The Bertz CT molecular complexity index is 571. The molecule has 0 unspecified atom stereocenters. The summed E-state index contributed by atoms with van der Waals surface area (Å²) in [5, 5.41) is 2.68. The molecule has 1 rings (SSSR count). The Kier molecular flexibility index (Phi) is 9.06. The molecular weight excluding hydrogens is 324 g/mol. The minimum absolute atomic E-state index is 0.107. The number of amides is 2. The molecule has 0 radical (unpaired) electrons. The van der Waals surface area contributed by atoms with Gasteiger partial charge in [-0.1, -0.05) is 17.7 Å². The molecule has 0 aliphatic heterocycles. The van der Waals surface area contributed by atoms with Crippen LogP contribution in [0.4, 0.5) is 0 Å². The van der Waals surface area contributed by atoms with Gasteiger partial charge in [0.25, 0.3) is 5.91 Å². The van der Waals surface area contributed by atoms with Gasteiger partial charge in [0, 0.05) is 26.6 Å². The van der Waals surface area contributed by atoms with Crippen LogP contribution in [0.1, 0.15) is 25.3 Å². The van der Waals surface area contributed by atoms with Gasteiger partial charge in [-0.15, -0.1) is 0 Å². The lowest BCUT2D eigenvalue weighted by atomic mass is 10.2. The summed E-state index contributed by atoms with van der Waals surface area (Å²) in [7, 11) is 1.31. The highest BCUT2D eigenvalue weighted by molar-refractivity contribution is 5.78. The van der Waals surface area contributed by atoms with Crippen molar-refractivity contribution in [1.29, 1.82) is 0 Å². The van der Waals surface area contributed by atoms with Gasteiger partial charge in [-0.05, 0) is 25.5 Å². The number of nitrogens with one attached hydrogen (secondary N) is 1. The van der Waals surface area contributed by atoms with E-state index in [0.29, 0.717) is 25.3 Å².